The van der Waals surface area contributed by atoms with Crippen molar-refractivity contribution in [3.63, 3.8) is 0 Å². The third-order valence-electron chi connectivity index (χ3n) is 4.46. The van der Waals surface area contributed by atoms with E-state index in [0.29, 0.717) is 29.5 Å². The van der Waals surface area contributed by atoms with E-state index in [2.05, 4.69) is 10.6 Å². The van der Waals surface area contributed by atoms with Crippen LogP contribution in [0.3, 0.4) is 0 Å². The molecule has 5 nitrogen and oxygen atoms in total. The van der Waals surface area contributed by atoms with Crippen LogP contribution in [0.1, 0.15) is 24.8 Å². The quantitative estimate of drug-likeness (QED) is 0.872. The van der Waals surface area contributed by atoms with Crippen molar-refractivity contribution in [2.45, 2.75) is 19.3 Å². The molecule has 1 saturated heterocycles. The largest absolute Gasteiger partial charge is 0.493 e. The van der Waals surface area contributed by atoms with E-state index in [1.807, 2.05) is 24.3 Å². The Balaban J connectivity index is 1.56. The second-order valence-electron chi connectivity index (χ2n) is 6.09. The molecule has 1 aromatic carbocycles. The van der Waals surface area contributed by atoms with Crippen molar-refractivity contribution in [1.82, 2.24) is 10.6 Å². The van der Waals surface area contributed by atoms with Crippen LogP contribution in [-0.4, -0.2) is 39.3 Å². The number of benzene rings is 1. The van der Waals surface area contributed by atoms with Gasteiger partial charge in [0.25, 0.3) is 5.91 Å². The molecule has 0 radical (unpaired) electrons. The molecule has 0 aromatic heterocycles. The molecule has 2 aliphatic rings. The van der Waals surface area contributed by atoms with Gasteiger partial charge in [0.05, 0.1) is 12.7 Å². The van der Waals surface area contributed by atoms with Crippen molar-refractivity contribution >= 4 is 12.0 Å². The molecule has 1 atom stereocenters. The van der Waals surface area contributed by atoms with Crippen molar-refractivity contribution in [3.8, 4) is 11.5 Å². The SMILES string of the molecule is COc1cccc2c1OCC(C(=O)NCCC1CCCNC1)=C2. The first kappa shape index (κ1) is 15.9. The zero-order valence-electron chi connectivity index (χ0n) is 13.6. The Morgan fingerprint density at radius 1 is 1.48 bits per heavy atom. The van der Waals surface area contributed by atoms with E-state index < -0.39 is 0 Å². The minimum atomic E-state index is -0.0396. The van der Waals surface area contributed by atoms with Gasteiger partial charge >= 0.3 is 0 Å². The van der Waals surface area contributed by atoms with Crippen LogP contribution >= 0.6 is 0 Å². The molecule has 1 aromatic rings. The monoisotopic (exact) mass is 316 g/mol. The van der Waals surface area contributed by atoms with Crippen LogP contribution in [0, 0.1) is 5.92 Å². The van der Waals surface area contributed by atoms with E-state index in [4.69, 9.17) is 9.47 Å². The molecule has 1 fully saturated rings. The second-order valence-corrected chi connectivity index (χ2v) is 6.09. The molecule has 1 amide bonds. The summed E-state index contributed by atoms with van der Waals surface area (Å²) in [5, 5.41) is 6.42. The summed E-state index contributed by atoms with van der Waals surface area (Å²) in [4.78, 5) is 12.3. The lowest BCUT2D eigenvalue weighted by atomic mass is 9.96. The van der Waals surface area contributed by atoms with Gasteiger partial charge in [-0.1, -0.05) is 12.1 Å². The predicted molar refractivity (Wildman–Crippen MR) is 89.7 cm³/mol. The van der Waals surface area contributed by atoms with Gasteiger partial charge in [0.2, 0.25) is 0 Å². The summed E-state index contributed by atoms with van der Waals surface area (Å²) in [5.41, 5.74) is 1.55. The fraction of sp³-hybridized carbons (Fsp3) is 0.500. The zero-order valence-corrected chi connectivity index (χ0v) is 13.6. The molecule has 0 bridgehead atoms. The summed E-state index contributed by atoms with van der Waals surface area (Å²) in [6.07, 6.45) is 5.40. The highest BCUT2D eigenvalue weighted by atomic mass is 16.5. The van der Waals surface area contributed by atoms with Gasteiger partial charge in [-0.05, 0) is 50.4 Å². The number of piperidine rings is 1. The summed E-state index contributed by atoms with van der Waals surface area (Å²) < 4.78 is 11.0. The maximum atomic E-state index is 12.3. The normalized spacial score (nSPS) is 20.0. The highest BCUT2D eigenvalue weighted by Crippen LogP contribution is 2.35. The van der Waals surface area contributed by atoms with E-state index in [9.17, 15) is 4.79 Å². The van der Waals surface area contributed by atoms with Crippen molar-refractivity contribution in [2.75, 3.05) is 33.4 Å². The van der Waals surface area contributed by atoms with Gasteiger partial charge in [0.1, 0.15) is 6.61 Å². The minimum absolute atomic E-state index is 0.0396. The number of methoxy groups -OCH3 is 1. The zero-order chi connectivity index (χ0) is 16.1. The lowest BCUT2D eigenvalue weighted by molar-refractivity contribution is -0.117. The second kappa shape index (κ2) is 7.51. The molecule has 0 aliphatic carbocycles. The van der Waals surface area contributed by atoms with Gasteiger partial charge in [-0.15, -0.1) is 0 Å². The molecule has 124 valence electrons. The van der Waals surface area contributed by atoms with Crippen LogP contribution in [0.5, 0.6) is 11.5 Å². The van der Waals surface area contributed by atoms with Gasteiger partial charge in [-0.2, -0.15) is 0 Å². The molecule has 1 unspecified atom stereocenters. The van der Waals surface area contributed by atoms with Crippen molar-refractivity contribution in [1.29, 1.82) is 0 Å². The van der Waals surface area contributed by atoms with Gasteiger partial charge in [-0.3, -0.25) is 4.79 Å². The molecule has 0 spiro atoms. The number of hydrogen-bond donors (Lipinski definition) is 2. The molecule has 0 saturated carbocycles. The molecule has 23 heavy (non-hydrogen) atoms. The average molecular weight is 316 g/mol. The Kier molecular flexibility index (Phi) is 5.18. The van der Waals surface area contributed by atoms with E-state index in [1.165, 1.54) is 12.8 Å². The third kappa shape index (κ3) is 3.85. The Labute approximate surface area is 137 Å². The highest BCUT2D eigenvalue weighted by molar-refractivity contribution is 5.99. The lowest BCUT2D eigenvalue weighted by Gasteiger charge is -2.23. The Bertz CT molecular complexity index is 592. The number of para-hydroxylation sites is 1. The molecular formula is C18H24N2O3. The van der Waals surface area contributed by atoms with E-state index in [0.717, 1.165) is 25.1 Å². The smallest absolute Gasteiger partial charge is 0.250 e. The fourth-order valence-corrected chi connectivity index (χ4v) is 3.15. The van der Waals surface area contributed by atoms with Crippen LogP contribution in [0.15, 0.2) is 23.8 Å². The highest BCUT2D eigenvalue weighted by Gasteiger charge is 2.20. The fourth-order valence-electron chi connectivity index (χ4n) is 3.15. The van der Waals surface area contributed by atoms with Crippen LogP contribution in [0.2, 0.25) is 0 Å². The van der Waals surface area contributed by atoms with E-state index >= 15 is 0 Å². The maximum Gasteiger partial charge on any atom is 0.250 e. The molecule has 5 heteroatoms. The first-order valence-corrected chi connectivity index (χ1v) is 8.27. The number of ether oxygens (including phenoxy) is 2. The summed E-state index contributed by atoms with van der Waals surface area (Å²) in [7, 11) is 1.62. The Hall–Kier alpha value is -2.01. The molecule has 2 heterocycles. The predicted octanol–water partition coefficient (Wildman–Crippen LogP) is 1.98. The maximum absolute atomic E-state index is 12.3. The summed E-state index contributed by atoms with van der Waals surface area (Å²) in [5.74, 6) is 2.04. The first-order valence-electron chi connectivity index (χ1n) is 8.27. The van der Waals surface area contributed by atoms with Crippen LogP contribution in [0.4, 0.5) is 0 Å². The third-order valence-corrected chi connectivity index (χ3v) is 4.46. The number of hydrogen-bond acceptors (Lipinski definition) is 4. The van der Waals surface area contributed by atoms with Crippen molar-refractivity contribution in [2.24, 2.45) is 5.92 Å². The molecule has 2 aliphatic heterocycles. The topological polar surface area (TPSA) is 59.6 Å². The van der Waals surface area contributed by atoms with Crippen molar-refractivity contribution < 1.29 is 14.3 Å². The molecule has 2 N–H and O–H groups in total. The molecule has 3 rings (SSSR count). The van der Waals surface area contributed by atoms with Crippen LogP contribution in [-0.2, 0) is 4.79 Å². The van der Waals surface area contributed by atoms with Gasteiger partial charge in [0, 0.05) is 12.1 Å². The van der Waals surface area contributed by atoms with Gasteiger partial charge < -0.3 is 20.1 Å². The number of amides is 1. The lowest BCUT2D eigenvalue weighted by Crippen LogP contribution is -2.34. The average Bonchev–Trinajstić information content (AvgIpc) is 2.61. The van der Waals surface area contributed by atoms with E-state index in [-0.39, 0.29) is 12.5 Å². The number of carbonyl (C=O) groups excluding carboxylic acids is 1. The number of rotatable bonds is 5. The first-order chi connectivity index (χ1) is 11.3. The number of carbonyl (C=O) groups is 1. The van der Waals surface area contributed by atoms with Crippen LogP contribution < -0.4 is 20.1 Å². The number of fused-ring (bicyclic) bond motifs is 1. The van der Waals surface area contributed by atoms with Gasteiger partial charge in [-0.25, -0.2) is 0 Å². The summed E-state index contributed by atoms with van der Waals surface area (Å²) in [6.45, 7) is 3.18. The minimum Gasteiger partial charge on any atom is -0.493 e. The molecular weight excluding hydrogens is 292 g/mol. The Morgan fingerprint density at radius 3 is 3.17 bits per heavy atom. The summed E-state index contributed by atoms with van der Waals surface area (Å²) >= 11 is 0. The number of nitrogens with one attached hydrogen (secondary N) is 2. The van der Waals surface area contributed by atoms with E-state index in [1.54, 1.807) is 7.11 Å². The van der Waals surface area contributed by atoms with Crippen LogP contribution in [0.25, 0.3) is 6.08 Å². The standard InChI is InChI=1S/C18H24N2O3/c1-22-16-6-2-5-14-10-15(12-23-17(14)16)18(21)20-9-7-13-4-3-8-19-11-13/h2,5-6,10,13,19H,3-4,7-9,11-12H2,1H3,(H,20,21). The summed E-state index contributed by atoms with van der Waals surface area (Å²) in [6, 6.07) is 5.68. The Morgan fingerprint density at radius 2 is 2.39 bits per heavy atom. The van der Waals surface area contributed by atoms with Gasteiger partial charge in [0.15, 0.2) is 11.5 Å². The van der Waals surface area contributed by atoms with Crippen molar-refractivity contribution in [3.05, 3.63) is 29.3 Å².